The summed E-state index contributed by atoms with van der Waals surface area (Å²) in [6.45, 7) is 5.90. The molecule has 5 nitrogen and oxygen atoms in total. The summed E-state index contributed by atoms with van der Waals surface area (Å²) >= 11 is 3.38. The van der Waals surface area contributed by atoms with Gasteiger partial charge in [0.1, 0.15) is 5.60 Å². The lowest BCUT2D eigenvalue weighted by Crippen LogP contribution is -2.44. The molecule has 0 radical (unpaired) electrons. The number of aliphatic hydroxyl groups is 1. The van der Waals surface area contributed by atoms with Gasteiger partial charge in [-0.25, -0.2) is 4.79 Å². The molecule has 1 saturated carbocycles. The largest absolute Gasteiger partial charge is 0.444 e. The number of nitrogens with one attached hydrogen (secondary N) is 1. The molecule has 2 N–H and O–H groups in total. The van der Waals surface area contributed by atoms with Crippen LogP contribution in [0.5, 0.6) is 0 Å². The van der Waals surface area contributed by atoms with Gasteiger partial charge in [0.25, 0.3) is 0 Å². The Labute approximate surface area is 152 Å². The van der Waals surface area contributed by atoms with Crippen molar-refractivity contribution >= 4 is 22.0 Å². The van der Waals surface area contributed by atoms with Crippen molar-refractivity contribution in [2.45, 2.75) is 52.1 Å². The minimum atomic E-state index is -0.532. The van der Waals surface area contributed by atoms with E-state index in [-0.39, 0.29) is 6.61 Å². The van der Waals surface area contributed by atoms with Gasteiger partial charge in [0.15, 0.2) is 0 Å². The summed E-state index contributed by atoms with van der Waals surface area (Å²) < 4.78 is 6.24. The van der Waals surface area contributed by atoms with Crippen molar-refractivity contribution in [2.75, 3.05) is 13.2 Å². The number of alkyl carbamates (subject to hydrolysis) is 1. The normalized spacial score (nSPS) is 17.2. The van der Waals surface area contributed by atoms with Crippen LogP contribution in [0.3, 0.4) is 0 Å². The van der Waals surface area contributed by atoms with Crippen molar-refractivity contribution in [1.29, 1.82) is 0 Å². The van der Waals surface area contributed by atoms with Gasteiger partial charge in [-0.1, -0.05) is 12.8 Å². The van der Waals surface area contributed by atoms with Crippen LogP contribution in [-0.4, -0.2) is 34.9 Å². The zero-order valence-electron chi connectivity index (χ0n) is 14.6. The van der Waals surface area contributed by atoms with Crippen LogP contribution in [0.4, 0.5) is 4.79 Å². The highest BCUT2D eigenvalue weighted by atomic mass is 79.9. The second-order valence-corrected chi connectivity index (χ2v) is 8.72. The zero-order valence-corrected chi connectivity index (χ0v) is 16.2. The van der Waals surface area contributed by atoms with Gasteiger partial charge in [0.2, 0.25) is 0 Å². The summed E-state index contributed by atoms with van der Waals surface area (Å²) in [6.07, 6.45) is 5.22. The quantitative estimate of drug-likeness (QED) is 0.734. The van der Waals surface area contributed by atoms with E-state index >= 15 is 0 Å². The maximum Gasteiger partial charge on any atom is 0.407 e. The molecule has 1 fully saturated rings. The van der Waals surface area contributed by atoms with Crippen molar-refractivity contribution in [3.63, 3.8) is 0 Å². The van der Waals surface area contributed by atoms with Crippen molar-refractivity contribution in [3.8, 4) is 0 Å². The summed E-state index contributed by atoms with van der Waals surface area (Å²) in [7, 11) is 0. The third-order valence-corrected chi connectivity index (χ3v) is 4.57. The molecule has 1 heterocycles. The Hall–Kier alpha value is -1.14. The number of hydrogen-bond acceptors (Lipinski definition) is 4. The Balaban J connectivity index is 2.04. The van der Waals surface area contributed by atoms with Gasteiger partial charge < -0.3 is 15.2 Å². The molecule has 1 atom stereocenters. The molecule has 1 aliphatic carbocycles. The first-order valence-corrected chi connectivity index (χ1v) is 9.19. The average molecular weight is 399 g/mol. The van der Waals surface area contributed by atoms with Gasteiger partial charge in [0.05, 0.1) is 6.61 Å². The van der Waals surface area contributed by atoms with Gasteiger partial charge in [-0.2, -0.15) is 0 Å². The first kappa shape index (κ1) is 19.2. The van der Waals surface area contributed by atoms with Gasteiger partial charge in [-0.15, -0.1) is 0 Å². The van der Waals surface area contributed by atoms with Gasteiger partial charge >= 0.3 is 6.09 Å². The lowest BCUT2D eigenvalue weighted by Gasteiger charge is -2.32. The van der Waals surface area contributed by atoms with Crippen molar-refractivity contribution in [2.24, 2.45) is 11.3 Å². The summed E-state index contributed by atoms with van der Waals surface area (Å²) in [5.74, 6) is 0.632. The molecular formula is C18H27BrN2O3. The van der Waals surface area contributed by atoms with Crippen molar-refractivity contribution < 1.29 is 14.6 Å². The summed E-state index contributed by atoms with van der Waals surface area (Å²) in [5.41, 5.74) is -0.0203. The van der Waals surface area contributed by atoms with E-state index in [0.717, 1.165) is 16.6 Å². The lowest BCUT2D eigenvalue weighted by atomic mass is 9.78. The molecule has 24 heavy (non-hydrogen) atoms. The minimum Gasteiger partial charge on any atom is -0.444 e. The van der Waals surface area contributed by atoms with E-state index in [1.165, 1.54) is 12.8 Å². The number of amides is 1. The van der Waals surface area contributed by atoms with Crippen LogP contribution in [0.1, 0.15) is 45.7 Å². The van der Waals surface area contributed by atoms with Crippen molar-refractivity contribution in [3.05, 3.63) is 28.5 Å². The van der Waals surface area contributed by atoms with E-state index in [1.54, 1.807) is 6.20 Å². The molecule has 2 rings (SSSR count). The predicted molar refractivity (Wildman–Crippen MR) is 96.7 cm³/mol. The number of carbonyl (C=O) groups excluding carboxylic acids is 1. The van der Waals surface area contributed by atoms with E-state index in [0.29, 0.717) is 18.9 Å². The number of nitrogens with zero attached hydrogens (tertiary/aromatic N) is 1. The molecule has 1 aliphatic rings. The number of hydrogen-bond donors (Lipinski definition) is 2. The van der Waals surface area contributed by atoms with Crippen molar-refractivity contribution in [1.82, 2.24) is 10.3 Å². The fourth-order valence-corrected chi connectivity index (χ4v) is 3.02. The summed E-state index contributed by atoms with van der Waals surface area (Å²) in [6, 6.07) is 3.90. The van der Waals surface area contributed by atoms with Crippen LogP contribution in [0.15, 0.2) is 22.8 Å². The second kappa shape index (κ2) is 7.83. The predicted octanol–water partition coefficient (Wildman–Crippen LogP) is 3.69. The number of aromatic nitrogens is 1. The maximum atomic E-state index is 12.0. The number of halogens is 1. The average Bonchev–Trinajstić information content (AvgIpc) is 3.29. The second-order valence-electron chi connectivity index (χ2n) is 7.81. The minimum absolute atomic E-state index is 0.0110. The fraction of sp³-hybridized carbons (Fsp3) is 0.667. The number of ether oxygens (including phenoxy) is 1. The molecule has 0 aromatic carbocycles. The Morgan fingerprint density at radius 1 is 1.42 bits per heavy atom. The zero-order chi connectivity index (χ0) is 17.8. The highest BCUT2D eigenvalue weighted by molar-refractivity contribution is 9.10. The molecule has 0 aliphatic heterocycles. The van der Waals surface area contributed by atoms with E-state index in [2.05, 4.69) is 26.2 Å². The Morgan fingerprint density at radius 2 is 2.12 bits per heavy atom. The van der Waals surface area contributed by atoms with Crippen LogP contribution < -0.4 is 5.32 Å². The summed E-state index contributed by atoms with van der Waals surface area (Å²) in [4.78, 5) is 16.4. The number of rotatable bonds is 7. The van der Waals surface area contributed by atoms with E-state index in [1.807, 2.05) is 32.9 Å². The van der Waals surface area contributed by atoms with Crippen LogP contribution in [0.2, 0.25) is 0 Å². The Kier molecular flexibility index (Phi) is 6.26. The number of carbonyl (C=O) groups is 1. The number of pyridine rings is 1. The van der Waals surface area contributed by atoms with E-state index in [4.69, 9.17) is 4.74 Å². The molecule has 134 valence electrons. The monoisotopic (exact) mass is 398 g/mol. The molecule has 0 bridgehead atoms. The molecule has 0 saturated heterocycles. The Bertz CT molecular complexity index is 552. The van der Waals surface area contributed by atoms with Crippen LogP contribution in [0, 0.1) is 11.3 Å². The van der Waals surface area contributed by atoms with Gasteiger partial charge in [-0.05, 0) is 67.6 Å². The Morgan fingerprint density at radius 3 is 2.62 bits per heavy atom. The maximum absolute atomic E-state index is 12.0. The standard InChI is InChI=1S/C18H27BrN2O3/c1-17(2,3)24-16(23)21-11-18(12-22,8-13-4-5-13)9-15-7-6-14(19)10-20-15/h6-7,10,13,22H,4-5,8-9,11-12H2,1-3H3,(H,21,23). The van der Waals surface area contributed by atoms with Crippen LogP contribution in [0.25, 0.3) is 0 Å². The summed E-state index contributed by atoms with van der Waals surface area (Å²) in [5, 5.41) is 12.9. The third kappa shape index (κ3) is 6.40. The van der Waals surface area contributed by atoms with E-state index in [9.17, 15) is 9.90 Å². The molecule has 1 amide bonds. The molecule has 6 heteroatoms. The topological polar surface area (TPSA) is 71.5 Å². The molecular weight excluding hydrogens is 372 g/mol. The fourth-order valence-electron chi connectivity index (χ4n) is 2.79. The first-order chi connectivity index (χ1) is 11.2. The highest BCUT2D eigenvalue weighted by Crippen LogP contribution is 2.41. The van der Waals surface area contributed by atoms with Crippen LogP contribution in [-0.2, 0) is 11.2 Å². The van der Waals surface area contributed by atoms with Crippen LogP contribution >= 0.6 is 15.9 Å². The third-order valence-electron chi connectivity index (χ3n) is 4.11. The molecule has 1 aromatic heterocycles. The molecule has 1 aromatic rings. The first-order valence-electron chi connectivity index (χ1n) is 8.39. The number of aliphatic hydroxyl groups excluding tert-OH is 1. The van der Waals surface area contributed by atoms with Gasteiger partial charge in [0, 0.05) is 28.3 Å². The SMILES string of the molecule is CC(C)(C)OC(=O)NCC(CO)(Cc1ccc(Br)cn1)CC1CC1. The molecule has 0 spiro atoms. The smallest absolute Gasteiger partial charge is 0.407 e. The lowest BCUT2D eigenvalue weighted by molar-refractivity contribution is 0.0448. The molecule has 1 unspecified atom stereocenters. The van der Waals surface area contributed by atoms with Gasteiger partial charge in [-0.3, -0.25) is 4.98 Å². The highest BCUT2D eigenvalue weighted by Gasteiger charge is 2.37. The van der Waals surface area contributed by atoms with E-state index < -0.39 is 17.1 Å².